The molecule has 0 saturated carbocycles. The largest absolute Gasteiger partial charge is 0.493 e. The maximum absolute atomic E-state index is 12.9. The molecule has 0 radical (unpaired) electrons. The minimum atomic E-state index is -0.651. The van der Waals surface area contributed by atoms with Crippen LogP contribution in [-0.2, 0) is 9.53 Å². The highest BCUT2D eigenvalue weighted by Gasteiger charge is 2.31. The molecule has 1 saturated heterocycles. The first kappa shape index (κ1) is 19.5. The van der Waals surface area contributed by atoms with Crippen LogP contribution in [0.15, 0.2) is 18.2 Å². The molecule has 0 bridgehead atoms. The minimum Gasteiger partial charge on any atom is -0.493 e. The van der Waals surface area contributed by atoms with Crippen LogP contribution >= 0.6 is 11.6 Å². The summed E-state index contributed by atoms with van der Waals surface area (Å²) in [5, 5.41) is 0.488. The number of hydrogen-bond donors (Lipinski definition) is 1. The maximum Gasteiger partial charge on any atom is 0.257 e. The van der Waals surface area contributed by atoms with Gasteiger partial charge in [0, 0.05) is 25.7 Å². The minimum absolute atomic E-state index is 0.159. The summed E-state index contributed by atoms with van der Waals surface area (Å²) in [7, 11) is 3.32. The maximum atomic E-state index is 12.9. The number of nitrogens with two attached hydrogens (primary N) is 1. The molecule has 0 aliphatic carbocycles. The summed E-state index contributed by atoms with van der Waals surface area (Å²) >= 11 is 6.02. The van der Waals surface area contributed by atoms with Gasteiger partial charge in [-0.3, -0.25) is 9.59 Å². The predicted octanol–water partition coefficient (Wildman–Crippen LogP) is 0.997. The first-order valence-corrected chi connectivity index (χ1v) is 8.56. The highest BCUT2D eigenvalue weighted by molar-refractivity contribution is 6.30. The van der Waals surface area contributed by atoms with E-state index in [2.05, 4.69) is 0 Å². The van der Waals surface area contributed by atoms with Crippen LogP contribution in [0.3, 0.4) is 0 Å². The van der Waals surface area contributed by atoms with E-state index in [0.717, 1.165) is 0 Å². The molecular formula is C17H24ClN3O4. The van der Waals surface area contributed by atoms with Gasteiger partial charge in [0.25, 0.3) is 11.8 Å². The molecule has 0 spiro atoms. The zero-order chi connectivity index (χ0) is 18.4. The van der Waals surface area contributed by atoms with Gasteiger partial charge < -0.3 is 25.0 Å². The molecule has 1 aliphatic heterocycles. The summed E-state index contributed by atoms with van der Waals surface area (Å²) < 4.78 is 11.2. The number of likely N-dealkylation sites (N-methyl/N-ethyl adjacent to an activating group) is 1. The molecule has 8 heteroatoms. The van der Waals surface area contributed by atoms with E-state index in [1.54, 1.807) is 37.2 Å². The van der Waals surface area contributed by atoms with Gasteiger partial charge in [-0.05, 0) is 31.2 Å². The Labute approximate surface area is 152 Å². The van der Waals surface area contributed by atoms with Crippen LogP contribution in [0.25, 0.3) is 0 Å². The van der Waals surface area contributed by atoms with Crippen LogP contribution in [0, 0.1) is 0 Å². The average molecular weight is 370 g/mol. The number of benzene rings is 1. The van der Waals surface area contributed by atoms with Crippen LogP contribution in [0.4, 0.5) is 0 Å². The number of morpholine rings is 1. The first-order chi connectivity index (χ1) is 11.9. The highest BCUT2D eigenvalue weighted by Crippen LogP contribution is 2.26. The predicted molar refractivity (Wildman–Crippen MR) is 95.0 cm³/mol. The topological polar surface area (TPSA) is 85.1 Å². The second-order valence-electron chi connectivity index (χ2n) is 5.97. The molecule has 1 aliphatic rings. The van der Waals surface area contributed by atoms with E-state index < -0.39 is 6.10 Å². The monoisotopic (exact) mass is 369 g/mol. The van der Waals surface area contributed by atoms with Gasteiger partial charge in [0.05, 0.1) is 25.3 Å². The smallest absolute Gasteiger partial charge is 0.257 e. The molecule has 1 aromatic carbocycles. The Morgan fingerprint density at radius 2 is 2.20 bits per heavy atom. The van der Waals surface area contributed by atoms with Gasteiger partial charge in [0.2, 0.25) is 0 Å². The molecule has 0 unspecified atom stereocenters. The number of nitrogens with zero attached hydrogens (tertiary/aromatic N) is 2. The van der Waals surface area contributed by atoms with Crippen molar-refractivity contribution >= 4 is 23.4 Å². The molecule has 1 fully saturated rings. The molecule has 25 heavy (non-hydrogen) atoms. The summed E-state index contributed by atoms with van der Waals surface area (Å²) in [6, 6.07) is 4.91. The molecule has 2 N–H and O–H groups in total. The van der Waals surface area contributed by atoms with Crippen LogP contribution in [-0.4, -0.2) is 74.7 Å². The van der Waals surface area contributed by atoms with Crippen molar-refractivity contribution in [3.8, 4) is 5.75 Å². The molecule has 1 aromatic rings. The van der Waals surface area contributed by atoms with E-state index in [9.17, 15) is 9.59 Å². The Bertz CT molecular complexity index is 624. The van der Waals surface area contributed by atoms with E-state index in [-0.39, 0.29) is 18.4 Å². The van der Waals surface area contributed by atoms with E-state index in [0.29, 0.717) is 49.1 Å². The Morgan fingerprint density at radius 3 is 2.88 bits per heavy atom. The fourth-order valence-electron chi connectivity index (χ4n) is 2.50. The molecule has 2 amide bonds. The zero-order valence-electron chi connectivity index (χ0n) is 14.5. The van der Waals surface area contributed by atoms with Crippen molar-refractivity contribution in [1.82, 2.24) is 9.80 Å². The number of carbonyl (C=O) groups is 2. The summed E-state index contributed by atoms with van der Waals surface area (Å²) in [5.41, 5.74) is 5.89. The lowest BCUT2D eigenvalue weighted by molar-refractivity contribution is -0.145. The second kappa shape index (κ2) is 9.03. The van der Waals surface area contributed by atoms with Gasteiger partial charge in [-0.25, -0.2) is 0 Å². The lowest BCUT2D eigenvalue weighted by Crippen LogP contribution is -2.51. The number of halogens is 1. The molecule has 1 atom stereocenters. The van der Waals surface area contributed by atoms with E-state index >= 15 is 0 Å². The normalized spacial score (nSPS) is 17.3. The lowest BCUT2D eigenvalue weighted by Gasteiger charge is -2.33. The molecule has 138 valence electrons. The molecule has 2 rings (SSSR count). The molecule has 1 heterocycles. The van der Waals surface area contributed by atoms with E-state index in [1.807, 2.05) is 0 Å². The number of amides is 2. The number of ether oxygens (including phenoxy) is 2. The Hall–Kier alpha value is -1.83. The Balaban J connectivity index is 2.14. The van der Waals surface area contributed by atoms with Crippen molar-refractivity contribution in [2.75, 3.05) is 46.9 Å². The summed E-state index contributed by atoms with van der Waals surface area (Å²) in [6.07, 6.45) is 0.0264. The van der Waals surface area contributed by atoms with Crippen molar-refractivity contribution < 1.29 is 19.1 Å². The standard InChI is InChI=1S/C17H24ClN3O4/c1-20(2)17(23)15-11-21(7-9-25-15)16(22)13-5-4-12(18)10-14(13)24-8-3-6-19/h4-5,10,15H,3,6-9,11,19H2,1-2H3/t15-/m0/s1. The number of carbonyl (C=O) groups excluding carboxylic acids is 2. The average Bonchev–Trinajstić information content (AvgIpc) is 2.61. The number of rotatable bonds is 6. The van der Waals surface area contributed by atoms with Gasteiger partial charge in [0.1, 0.15) is 5.75 Å². The first-order valence-electron chi connectivity index (χ1n) is 8.18. The highest BCUT2D eigenvalue weighted by atomic mass is 35.5. The van der Waals surface area contributed by atoms with Crippen molar-refractivity contribution in [2.45, 2.75) is 12.5 Å². The van der Waals surface area contributed by atoms with Crippen molar-refractivity contribution in [2.24, 2.45) is 5.73 Å². The van der Waals surface area contributed by atoms with Gasteiger partial charge >= 0.3 is 0 Å². The third-order valence-electron chi connectivity index (χ3n) is 3.85. The van der Waals surface area contributed by atoms with Crippen LogP contribution < -0.4 is 10.5 Å². The quantitative estimate of drug-likeness (QED) is 0.756. The third-order valence-corrected chi connectivity index (χ3v) is 4.09. The summed E-state index contributed by atoms with van der Waals surface area (Å²) in [5.74, 6) is 0.0558. The fraction of sp³-hybridized carbons (Fsp3) is 0.529. The zero-order valence-corrected chi connectivity index (χ0v) is 15.3. The molecular weight excluding hydrogens is 346 g/mol. The number of hydrogen-bond acceptors (Lipinski definition) is 5. The summed E-state index contributed by atoms with van der Waals surface area (Å²) in [6.45, 7) is 1.85. The van der Waals surface area contributed by atoms with Crippen LogP contribution in [0.2, 0.25) is 5.02 Å². The van der Waals surface area contributed by atoms with Gasteiger partial charge in [-0.1, -0.05) is 11.6 Å². The molecule has 0 aromatic heterocycles. The lowest BCUT2D eigenvalue weighted by atomic mass is 10.1. The van der Waals surface area contributed by atoms with E-state index in [4.69, 9.17) is 26.8 Å². The molecule has 7 nitrogen and oxygen atoms in total. The summed E-state index contributed by atoms with van der Waals surface area (Å²) in [4.78, 5) is 28.1. The van der Waals surface area contributed by atoms with Crippen molar-refractivity contribution in [3.05, 3.63) is 28.8 Å². The van der Waals surface area contributed by atoms with Crippen molar-refractivity contribution in [3.63, 3.8) is 0 Å². The van der Waals surface area contributed by atoms with Crippen LogP contribution in [0.1, 0.15) is 16.8 Å². The van der Waals surface area contributed by atoms with Crippen molar-refractivity contribution in [1.29, 1.82) is 0 Å². The Morgan fingerprint density at radius 1 is 1.44 bits per heavy atom. The van der Waals surface area contributed by atoms with E-state index in [1.165, 1.54) is 4.90 Å². The third kappa shape index (κ3) is 5.07. The SMILES string of the molecule is CN(C)C(=O)[C@@H]1CN(C(=O)c2ccc(Cl)cc2OCCCN)CCO1. The van der Waals surface area contributed by atoms with Gasteiger partial charge in [0.15, 0.2) is 6.10 Å². The Kier molecular flexibility index (Phi) is 7.04. The fourth-order valence-corrected chi connectivity index (χ4v) is 2.66. The van der Waals surface area contributed by atoms with Gasteiger partial charge in [-0.15, -0.1) is 0 Å². The van der Waals surface area contributed by atoms with Gasteiger partial charge in [-0.2, -0.15) is 0 Å². The second-order valence-corrected chi connectivity index (χ2v) is 6.41. The van der Waals surface area contributed by atoms with Crippen LogP contribution in [0.5, 0.6) is 5.75 Å².